The van der Waals surface area contributed by atoms with Crippen LogP contribution in [0.4, 0.5) is 5.69 Å². The highest BCUT2D eigenvalue weighted by Gasteiger charge is 2.54. The highest BCUT2D eigenvalue weighted by molar-refractivity contribution is 6.30. The first-order valence-corrected chi connectivity index (χ1v) is 18.7. The molecule has 2 saturated carbocycles. The minimum Gasteiger partial charge on any atom is -0.352 e. The van der Waals surface area contributed by atoms with Gasteiger partial charge in [0.05, 0.1) is 13.2 Å². The van der Waals surface area contributed by atoms with Gasteiger partial charge in [0.2, 0.25) is 17.7 Å². The van der Waals surface area contributed by atoms with Crippen molar-refractivity contribution in [1.29, 1.82) is 0 Å². The lowest BCUT2D eigenvalue weighted by molar-refractivity contribution is -0.141. The van der Waals surface area contributed by atoms with Gasteiger partial charge in [-0.25, -0.2) is 0 Å². The topological polar surface area (TPSA) is 114 Å². The van der Waals surface area contributed by atoms with Crippen molar-refractivity contribution in [2.75, 3.05) is 37.7 Å². The highest BCUT2D eigenvalue weighted by Crippen LogP contribution is 2.39. The Bertz CT molecular complexity index is 1440. The zero-order valence-corrected chi connectivity index (χ0v) is 29.3. The summed E-state index contributed by atoms with van der Waals surface area (Å²) in [5.74, 6) is -0.537. The first kappa shape index (κ1) is 35.2. The molecule has 0 bridgehead atoms. The van der Waals surface area contributed by atoms with E-state index in [-0.39, 0.29) is 42.8 Å². The Hall–Kier alpha value is -3.63. The average molecular weight is 691 g/mol. The zero-order chi connectivity index (χ0) is 34.2. The van der Waals surface area contributed by atoms with Gasteiger partial charge in [0.15, 0.2) is 0 Å². The highest BCUT2D eigenvalue weighted by atomic mass is 35.5. The van der Waals surface area contributed by atoms with Crippen molar-refractivity contribution < 1.29 is 19.2 Å². The quantitative estimate of drug-likeness (QED) is 0.322. The summed E-state index contributed by atoms with van der Waals surface area (Å²) in [6, 6.07) is 17.0. The number of hydrogen-bond donors (Lipinski definition) is 3. The van der Waals surface area contributed by atoms with Crippen molar-refractivity contribution in [2.24, 2.45) is 0 Å². The molecule has 2 aromatic carbocycles. The third-order valence-electron chi connectivity index (χ3n) is 10.9. The van der Waals surface area contributed by atoms with E-state index < -0.39 is 11.6 Å². The number of anilines is 1. The SMILES string of the molecule is O=C(CN1CN(c2ccccc2)C2(CCN(C(=O)[C@@H](Cc3ccc(Cl)cc3)NC(=O)CNC3CCCCC3)CC2)C1=O)NC1CCCCC1. The molecule has 6 rings (SSSR count). The Labute approximate surface area is 295 Å². The number of carbonyl (C=O) groups excluding carboxylic acids is 4. The third kappa shape index (κ3) is 8.76. The van der Waals surface area contributed by atoms with E-state index >= 15 is 0 Å². The van der Waals surface area contributed by atoms with Gasteiger partial charge >= 0.3 is 0 Å². The lowest BCUT2D eigenvalue weighted by Gasteiger charge is -2.44. The maximum absolute atomic E-state index is 14.2. The fourth-order valence-corrected chi connectivity index (χ4v) is 8.30. The molecule has 2 aliphatic carbocycles. The maximum atomic E-state index is 14.2. The van der Waals surface area contributed by atoms with Gasteiger partial charge < -0.3 is 30.7 Å². The van der Waals surface area contributed by atoms with Gasteiger partial charge in [-0.1, -0.05) is 80.5 Å². The Morgan fingerprint density at radius 2 is 1.45 bits per heavy atom. The van der Waals surface area contributed by atoms with Crippen LogP contribution < -0.4 is 20.9 Å². The minimum atomic E-state index is -0.859. The van der Waals surface area contributed by atoms with Gasteiger partial charge in [-0.05, 0) is 68.4 Å². The molecule has 2 aromatic rings. The van der Waals surface area contributed by atoms with E-state index in [9.17, 15) is 19.2 Å². The van der Waals surface area contributed by atoms with E-state index in [0.29, 0.717) is 50.1 Å². The number of piperidine rings is 1. The summed E-state index contributed by atoms with van der Waals surface area (Å²) in [7, 11) is 0. The Kier molecular flexibility index (Phi) is 11.8. The molecule has 4 aliphatic rings. The van der Waals surface area contributed by atoms with Crippen LogP contribution in [0.5, 0.6) is 0 Å². The van der Waals surface area contributed by atoms with Crippen LogP contribution >= 0.6 is 11.6 Å². The predicted molar refractivity (Wildman–Crippen MR) is 191 cm³/mol. The standard InChI is InChI=1S/C38H51ClN6O4/c39-29-18-16-28(17-19-29)24-33(42-34(46)25-40-30-10-4-1-5-11-30)36(48)43-22-20-38(21-23-43)37(49)44(27-45(38)32-14-8-3-9-15-32)26-35(47)41-31-12-6-2-7-13-31/h3,8-9,14-19,30-31,33,40H,1-2,4-7,10-13,20-27H2,(H,41,47)(H,42,46)/t33-/m1/s1. The summed E-state index contributed by atoms with van der Waals surface area (Å²) in [4.78, 5) is 60.3. The van der Waals surface area contributed by atoms with E-state index in [2.05, 4.69) is 20.9 Å². The van der Waals surface area contributed by atoms with Crippen LogP contribution in [-0.2, 0) is 25.6 Å². The number of halogens is 1. The minimum absolute atomic E-state index is 0.0210. The molecule has 1 atom stereocenters. The van der Waals surface area contributed by atoms with Gasteiger partial charge in [0, 0.05) is 42.3 Å². The summed E-state index contributed by atoms with van der Waals surface area (Å²) < 4.78 is 0. The number of amides is 4. The summed E-state index contributed by atoms with van der Waals surface area (Å²) in [6.07, 6.45) is 12.3. The fourth-order valence-electron chi connectivity index (χ4n) is 8.18. The molecule has 4 fully saturated rings. The number of nitrogens with one attached hydrogen (secondary N) is 3. The smallest absolute Gasteiger partial charge is 0.250 e. The summed E-state index contributed by atoms with van der Waals surface area (Å²) >= 11 is 6.13. The maximum Gasteiger partial charge on any atom is 0.250 e. The van der Waals surface area contributed by atoms with Crippen molar-refractivity contribution in [3.8, 4) is 0 Å². The van der Waals surface area contributed by atoms with E-state index in [4.69, 9.17) is 11.6 Å². The second-order valence-corrected chi connectivity index (χ2v) is 14.8. The van der Waals surface area contributed by atoms with Crippen molar-refractivity contribution >= 4 is 40.9 Å². The molecule has 2 aliphatic heterocycles. The molecule has 1 spiro atoms. The van der Waals surface area contributed by atoms with E-state index in [1.54, 1.807) is 21.9 Å². The first-order valence-electron chi connectivity index (χ1n) is 18.3. The van der Waals surface area contributed by atoms with Gasteiger partial charge in [0.1, 0.15) is 18.1 Å². The van der Waals surface area contributed by atoms with Crippen LogP contribution in [0.1, 0.15) is 82.6 Å². The van der Waals surface area contributed by atoms with Crippen molar-refractivity contribution in [3.05, 3.63) is 65.2 Å². The molecular formula is C38H51ClN6O4. The lowest BCUT2D eigenvalue weighted by atomic mass is 9.85. The number of hydrogen-bond acceptors (Lipinski definition) is 6. The summed E-state index contributed by atoms with van der Waals surface area (Å²) in [5.41, 5.74) is 0.964. The molecule has 3 N–H and O–H groups in total. The number of rotatable bonds is 11. The summed E-state index contributed by atoms with van der Waals surface area (Å²) in [6.45, 7) is 1.24. The Balaban J connectivity index is 1.13. The van der Waals surface area contributed by atoms with Crippen molar-refractivity contribution in [1.82, 2.24) is 25.8 Å². The van der Waals surface area contributed by atoms with Crippen LogP contribution in [0, 0.1) is 0 Å². The third-order valence-corrected chi connectivity index (χ3v) is 11.2. The van der Waals surface area contributed by atoms with Crippen molar-refractivity contribution in [3.63, 3.8) is 0 Å². The fraction of sp³-hybridized carbons (Fsp3) is 0.579. The van der Waals surface area contributed by atoms with Gasteiger partial charge in [0.25, 0.3) is 5.91 Å². The molecule has 264 valence electrons. The molecule has 0 radical (unpaired) electrons. The van der Waals surface area contributed by atoms with Crippen molar-refractivity contribution in [2.45, 2.75) is 107 Å². The molecule has 2 heterocycles. The van der Waals surface area contributed by atoms with Crippen LogP contribution in [0.3, 0.4) is 0 Å². The Morgan fingerprint density at radius 3 is 2.10 bits per heavy atom. The molecular weight excluding hydrogens is 640 g/mol. The number of nitrogens with zero attached hydrogens (tertiary/aromatic N) is 3. The molecule has 0 unspecified atom stereocenters. The molecule has 0 aromatic heterocycles. The van der Waals surface area contributed by atoms with Crippen LogP contribution in [0.15, 0.2) is 54.6 Å². The van der Waals surface area contributed by atoms with Crippen LogP contribution in [0.25, 0.3) is 0 Å². The predicted octanol–water partition coefficient (Wildman–Crippen LogP) is 4.41. The zero-order valence-electron chi connectivity index (χ0n) is 28.5. The molecule has 10 nitrogen and oxygen atoms in total. The molecule has 2 saturated heterocycles. The van der Waals surface area contributed by atoms with Gasteiger partial charge in [-0.15, -0.1) is 0 Å². The van der Waals surface area contributed by atoms with Crippen LogP contribution in [0.2, 0.25) is 5.02 Å². The normalized spacial score (nSPS) is 20.8. The lowest BCUT2D eigenvalue weighted by Crippen LogP contribution is -2.60. The van der Waals surface area contributed by atoms with E-state index in [1.807, 2.05) is 42.5 Å². The largest absolute Gasteiger partial charge is 0.352 e. The van der Waals surface area contributed by atoms with E-state index in [0.717, 1.165) is 49.8 Å². The number of carbonyl (C=O) groups is 4. The number of likely N-dealkylation sites (tertiary alicyclic amines) is 1. The average Bonchev–Trinajstić information content (AvgIpc) is 3.38. The molecule has 11 heteroatoms. The second-order valence-electron chi connectivity index (χ2n) is 14.3. The van der Waals surface area contributed by atoms with Gasteiger partial charge in [-0.2, -0.15) is 0 Å². The Morgan fingerprint density at radius 1 is 0.816 bits per heavy atom. The second kappa shape index (κ2) is 16.4. The monoisotopic (exact) mass is 690 g/mol. The molecule has 4 amide bonds. The number of para-hydroxylation sites is 1. The molecule has 49 heavy (non-hydrogen) atoms. The van der Waals surface area contributed by atoms with Crippen LogP contribution in [-0.4, -0.2) is 89.9 Å². The summed E-state index contributed by atoms with van der Waals surface area (Å²) in [5, 5.41) is 10.2. The van der Waals surface area contributed by atoms with Gasteiger partial charge in [-0.3, -0.25) is 19.2 Å². The number of benzene rings is 2. The van der Waals surface area contributed by atoms with E-state index in [1.165, 1.54) is 25.7 Å². The first-order chi connectivity index (χ1) is 23.8.